The predicted molar refractivity (Wildman–Crippen MR) is 97.0 cm³/mol. The van der Waals surface area contributed by atoms with Gasteiger partial charge in [-0.15, -0.1) is 0 Å². The SMILES string of the molecule is Cc1cc(OC(C)C(=O)NCCNc2ncccc2C(F)(F)F)ccc1Cl. The maximum Gasteiger partial charge on any atom is 0.419 e. The van der Waals surface area contributed by atoms with E-state index in [-0.39, 0.29) is 24.8 Å². The molecule has 0 aliphatic heterocycles. The van der Waals surface area contributed by atoms with Crippen LogP contribution in [0.25, 0.3) is 0 Å². The van der Waals surface area contributed by atoms with Gasteiger partial charge in [-0.25, -0.2) is 4.98 Å². The Labute approximate surface area is 159 Å². The molecule has 9 heteroatoms. The highest BCUT2D eigenvalue weighted by Gasteiger charge is 2.33. The van der Waals surface area contributed by atoms with E-state index in [1.54, 1.807) is 25.1 Å². The molecule has 0 bridgehead atoms. The molecule has 1 heterocycles. The van der Waals surface area contributed by atoms with Gasteiger partial charge in [0.1, 0.15) is 11.6 Å². The van der Waals surface area contributed by atoms with Crippen molar-refractivity contribution in [2.45, 2.75) is 26.1 Å². The first-order chi connectivity index (χ1) is 12.7. The number of amides is 1. The molecular formula is C18H19ClF3N3O2. The van der Waals surface area contributed by atoms with Gasteiger partial charge in [-0.3, -0.25) is 4.79 Å². The Hall–Kier alpha value is -2.48. The molecule has 146 valence electrons. The number of hydrogen-bond donors (Lipinski definition) is 2. The highest BCUT2D eigenvalue weighted by molar-refractivity contribution is 6.31. The zero-order valence-electron chi connectivity index (χ0n) is 14.7. The number of alkyl halides is 3. The van der Waals surface area contributed by atoms with Crippen molar-refractivity contribution in [2.24, 2.45) is 0 Å². The van der Waals surface area contributed by atoms with Gasteiger partial charge in [-0.1, -0.05) is 11.6 Å². The standard InChI is InChI=1S/C18H19ClF3N3O2/c1-11-10-13(5-6-15(11)19)27-12(2)17(26)25-9-8-24-16-14(18(20,21)22)4-3-7-23-16/h3-7,10,12H,8-9H2,1-2H3,(H,23,24)(H,25,26). The number of hydrogen-bond acceptors (Lipinski definition) is 4. The van der Waals surface area contributed by atoms with Crippen molar-refractivity contribution in [3.63, 3.8) is 0 Å². The van der Waals surface area contributed by atoms with Crippen LogP contribution in [-0.4, -0.2) is 30.1 Å². The molecule has 0 saturated heterocycles. The van der Waals surface area contributed by atoms with E-state index in [2.05, 4.69) is 15.6 Å². The first-order valence-corrected chi connectivity index (χ1v) is 8.53. The Morgan fingerprint density at radius 1 is 1.30 bits per heavy atom. The zero-order chi connectivity index (χ0) is 20.0. The number of nitrogens with one attached hydrogen (secondary N) is 2. The summed E-state index contributed by atoms with van der Waals surface area (Å²) in [4.78, 5) is 15.7. The van der Waals surface area contributed by atoms with Gasteiger partial charge < -0.3 is 15.4 Å². The van der Waals surface area contributed by atoms with E-state index in [9.17, 15) is 18.0 Å². The lowest BCUT2D eigenvalue weighted by Gasteiger charge is -2.16. The van der Waals surface area contributed by atoms with Gasteiger partial charge in [0, 0.05) is 24.3 Å². The van der Waals surface area contributed by atoms with Gasteiger partial charge in [0.2, 0.25) is 0 Å². The zero-order valence-corrected chi connectivity index (χ0v) is 15.5. The number of aromatic nitrogens is 1. The average Bonchev–Trinajstić information content (AvgIpc) is 2.61. The average molecular weight is 402 g/mol. The first-order valence-electron chi connectivity index (χ1n) is 8.15. The summed E-state index contributed by atoms with van der Waals surface area (Å²) < 4.78 is 44.2. The topological polar surface area (TPSA) is 63.2 Å². The summed E-state index contributed by atoms with van der Waals surface area (Å²) in [6.07, 6.45) is -4.01. The number of aryl methyl sites for hydroxylation is 1. The third kappa shape index (κ3) is 6.02. The number of anilines is 1. The summed E-state index contributed by atoms with van der Waals surface area (Å²) in [6.45, 7) is 3.59. The van der Waals surface area contributed by atoms with Crippen LogP contribution < -0.4 is 15.4 Å². The summed E-state index contributed by atoms with van der Waals surface area (Å²) in [5.74, 6) is -0.164. The Morgan fingerprint density at radius 3 is 2.70 bits per heavy atom. The lowest BCUT2D eigenvalue weighted by molar-refractivity contribution is -0.137. The Balaban J connectivity index is 1.81. The van der Waals surface area contributed by atoms with Crippen LogP contribution in [0.3, 0.4) is 0 Å². The predicted octanol–water partition coefficient (Wildman–Crippen LogP) is 4.06. The van der Waals surface area contributed by atoms with Crippen LogP contribution >= 0.6 is 11.6 Å². The van der Waals surface area contributed by atoms with Crippen LogP contribution in [0.4, 0.5) is 19.0 Å². The molecule has 0 saturated carbocycles. The van der Waals surface area contributed by atoms with Crippen LogP contribution in [0.1, 0.15) is 18.1 Å². The number of rotatable bonds is 7. The molecule has 2 rings (SSSR count). The van der Waals surface area contributed by atoms with Gasteiger partial charge in [0.05, 0.1) is 5.56 Å². The molecule has 0 aliphatic rings. The Kier molecular flexibility index (Phi) is 6.90. The molecule has 0 spiro atoms. The highest BCUT2D eigenvalue weighted by atomic mass is 35.5. The minimum atomic E-state index is -4.50. The van der Waals surface area contributed by atoms with E-state index < -0.39 is 17.8 Å². The van der Waals surface area contributed by atoms with Crippen molar-refractivity contribution >= 4 is 23.3 Å². The molecule has 0 fully saturated rings. The lowest BCUT2D eigenvalue weighted by atomic mass is 10.2. The van der Waals surface area contributed by atoms with Gasteiger partial charge >= 0.3 is 6.18 Å². The molecule has 0 radical (unpaired) electrons. The van der Waals surface area contributed by atoms with Crippen molar-refractivity contribution in [1.29, 1.82) is 0 Å². The molecule has 1 unspecified atom stereocenters. The third-order valence-electron chi connectivity index (χ3n) is 3.64. The first kappa shape index (κ1) is 20.8. The van der Waals surface area contributed by atoms with Crippen molar-refractivity contribution in [1.82, 2.24) is 10.3 Å². The summed E-state index contributed by atoms with van der Waals surface area (Å²) in [6, 6.07) is 7.20. The normalized spacial score (nSPS) is 12.4. The maximum absolute atomic E-state index is 12.9. The molecule has 1 aromatic carbocycles. The van der Waals surface area contributed by atoms with Gasteiger partial charge in [0.25, 0.3) is 5.91 Å². The quantitative estimate of drug-likeness (QED) is 0.687. The summed E-state index contributed by atoms with van der Waals surface area (Å²) in [7, 11) is 0. The fourth-order valence-electron chi connectivity index (χ4n) is 2.23. The molecule has 2 N–H and O–H groups in total. The summed E-state index contributed by atoms with van der Waals surface area (Å²) in [5.41, 5.74) is -0.0343. The minimum absolute atomic E-state index is 0.0820. The van der Waals surface area contributed by atoms with E-state index in [0.717, 1.165) is 11.6 Å². The number of benzene rings is 1. The summed E-state index contributed by atoms with van der Waals surface area (Å²) in [5, 5.41) is 5.77. The largest absolute Gasteiger partial charge is 0.481 e. The molecule has 0 aliphatic carbocycles. The lowest BCUT2D eigenvalue weighted by Crippen LogP contribution is -2.38. The van der Waals surface area contributed by atoms with Crippen LogP contribution in [-0.2, 0) is 11.0 Å². The molecule has 1 aromatic heterocycles. The van der Waals surface area contributed by atoms with Crippen molar-refractivity contribution in [3.8, 4) is 5.75 Å². The number of carbonyl (C=O) groups excluding carboxylic acids is 1. The number of carbonyl (C=O) groups is 1. The van der Waals surface area contributed by atoms with E-state index in [1.165, 1.54) is 12.3 Å². The summed E-state index contributed by atoms with van der Waals surface area (Å²) >= 11 is 5.94. The fourth-order valence-corrected chi connectivity index (χ4v) is 2.35. The van der Waals surface area contributed by atoms with Crippen molar-refractivity contribution in [3.05, 3.63) is 52.7 Å². The van der Waals surface area contributed by atoms with E-state index >= 15 is 0 Å². The van der Waals surface area contributed by atoms with Crippen LogP contribution in [0.2, 0.25) is 5.02 Å². The van der Waals surface area contributed by atoms with E-state index in [4.69, 9.17) is 16.3 Å². The van der Waals surface area contributed by atoms with Gasteiger partial charge in [0.15, 0.2) is 6.10 Å². The van der Waals surface area contributed by atoms with Gasteiger partial charge in [-0.2, -0.15) is 13.2 Å². The number of ether oxygens (including phenoxy) is 1. The Bertz CT molecular complexity index is 800. The van der Waals surface area contributed by atoms with E-state index in [0.29, 0.717) is 10.8 Å². The molecule has 1 atom stereocenters. The van der Waals surface area contributed by atoms with Crippen molar-refractivity contribution < 1.29 is 22.7 Å². The number of pyridine rings is 1. The van der Waals surface area contributed by atoms with Crippen molar-refractivity contribution in [2.75, 3.05) is 18.4 Å². The second-order valence-corrected chi connectivity index (χ2v) is 6.19. The second-order valence-electron chi connectivity index (χ2n) is 5.79. The fraction of sp³-hybridized carbons (Fsp3) is 0.333. The smallest absolute Gasteiger partial charge is 0.419 e. The molecular weight excluding hydrogens is 383 g/mol. The van der Waals surface area contributed by atoms with E-state index in [1.807, 2.05) is 6.92 Å². The highest BCUT2D eigenvalue weighted by Crippen LogP contribution is 2.33. The monoisotopic (exact) mass is 401 g/mol. The number of nitrogens with zero attached hydrogens (tertiary/aromatic N) is 1. The molecule has 27 heavy (non-hydrogen) atoms. The maximum atomic E-state index is 12.9. The minimum Gasteiger partial charge on any atom is -0.481 e. The van der Waals surface area contributed by atoms with Gasteiger partial charge in [-0.05, 0) is 49.7 Å². The van der Waals surface area contributed by atoms with Crippen LogP contribution in [0.15, 0.2) is 36.5 Å². The molecule has 2 aromatic rings. The number of halogens is 4. The van der Waals surface area contributed by atoms with Crippen LogP contribution in [0, 0.1) is 6.92 Å². The second kappa shape index (κ2) is 8.94. The van der Waals surface area contributed by atoms with Crippen LogP contribution in [0.5, 0.6) is 5.75 Å². The molecule has 1 amide bonds. The molecule has 5 nitrogen and oxygen atoms in total. The third-order valence-corrected chi connectivity index (χ3v) is 4.07. The Morgan fingerprint density at radius 2 is 2.04 bits per heavy atom.